The van der Waals surface area contributed by atoms with Gasteiger partial charge >= 0.3 is 0 Å². The standard InChI is InChI=1S/C12H14ClN3S/c13-5-4-12(2-3-12)7-14-11-10-9(1-6-17-10)15-8-16-11/h1,6,8H,2-5,7H2,(H,14,15,16). The van der Waals surface area contributed by atoms with Crippen molar-refractivity contribution in [2.24, 2.45) is 5.41 Å². The highest BCUT2D eigenvalue weighted by atomic mass is 35.5. The zero-order chi connectivity index (χ0) is 11.7. The third kappa shape index (κ3) is 2.24. The van der Waals surface area contributed by atoms with Crippen LogP contribution in [0.1, 0.15) is 19.3 Å². The molecule has 2 heterocycles. The van der Waals surface area contributed by atoms with Gasteiger partial charge in [-0.3, -0.25) is 0 Å². The SMILES string of the molecule is ClCCC1(CNc2ncnc3ccsc23)CC1. The molecule has 0 aliphatic heterocycles. The van der Waals surface area contributed by atoms with Gasteiger partial charge in [0.1, 0.15) is 12.1 Å². The van der Waals surface area contributed by atoms with Gasteiger partial charge in [-0.25, -0.2) is 9.97 Å². The van der Waals surface area contributed by atoms with Crippen LogP contribution in [-0.4, -0.2) is 22.4 Å². The van der Waals surface area contributed by atoms with Crippen molar-refractivity contribution in [2.45, 2.75) is 19.3 Å². The number of hydrogen-bond acceptors (Lipinski definition) is 4. The number of fused-ring (bicyclic) bond motifs is 1. The highest BCUT2D eigenvalue weighted by Gasteiger charge is 2.41. The van der Waals surface area contributed by atoms with Crippen LogP contribution in [0.2, 0.25) is 0 Å². The van der Waals surface area contributed by atoms with Crippen molar-refractivity contribution in [3.8, 4) is 0 Å². The normalized spacial score (nSPS) is 17.2. The number of hydrogen-bond donors (Lipinski definition) is 1. The van der Waals surface area contributed by atoms with E-state index in [-0.39, 0.29) is 0 Å². The second-order valence-electron chi connectivity index (χ2n) is 4.65. The molecule has 0 atom stereocenters. The van der Waals surface area contributed by atoms with Gasteiger partial charge in [0.2, 0.25) is 0 Å². The lowest BCUT2D eigenvalue weighted by molar-refractivity contribution is 0.524. The first-order valence-corrected chi connectivity index (χ1v) is 7.22. The van der Waals surface area contributed by atoms with Crippen LogP contribution in [0.4, 0.5) is 5.82 Å². The minimum absolute atomic E-state index is 0.427. The molecule has 0 spiro atoms. The number of thiophene rings is 1. The van der Waals surface area contributed by atoms with E-state index in [1.54, 1.807) is 17.7 Å². The molecule has 1 N–H and O–H groups in total. The van der Waals surface area contributed by atoms with E-state index in [1.807, 2.05) is 6.07 Å². The molecule has 2 aromatic rings. The summed E-state index contributed by atoms with van der Waals surface area (Å²) in [7, 11) is 0. The fourth-order valence-corrected chi connectivity index (χ4v) is 3.29. The van der Waals surface area contributed by atoms with Crippen molar-refractivity contribution < 1.29 is 0 Å². The maximum absolute atomic E-state index is 5.83. The first-order valence-electron chi connectivity index (χ1n) is 5.81. The molecule has 0 radical (unpaired) electrons. The monoisotopic (exact) mass is 267 g/mol. The van der Waals surface area contributed by atoms with Gasteiger partial charge in [-0.15, -0.1) is 22.9 Å². The zero-order valence-corrected chi connectivity index (χ0v) is 11.0. The van der Waals surface area contributed by atoms with Crippen molar-refractivity contribution >= 4 is 39.0 Å². The van der Waals surface area contributed by atoms with Crippen LogP contribution in [0.15, 0.2) is 17.8 Å². The average Bonchev–Trinajstić information content (AvgIpc) is 2.92. The Kier molecular flexibility index (Phi) is 2.92. The molecule has 17 heavy (non-hydrogen) atoms. The average molecular weight is 268 g/mol. The van der Waals surface area contributed by atoms with Gasteiger partial charge in [0.25, 0.3) is 0 Å². The van der Waals surface area contributed by atoms with Crippen molar-refractivity contribution in [1.82, 2.24) is 9.97 Å². The smallest absolute Gasteiger partial charge is 0.147 e. The van der Waals surface area contributed by atoms with E-state index in [1.165, 1.54) is 12.8 Å². The second-order valence-corrected chi connectivity index (χ2v) is 5.94. The van der Waals surface area contributed by atoms with Crippen LogP contribution < -0.4 is 5.32 Å². The summed E-state index contributed by atoms with van der Waals surface area (Å²) in [5.74, 6) is 1.71. The Morgan fingerprint density at radius 2 is 2.29 bits per heavy atom. The van der Waals surface area contributed by atoms with E-state index in [2.05, 4.69) is 20.7 Å². The number of aromatic nitrogens is 2. The number of alkyl halides is 1. The molecular weight excluding hydrogens is 254 g/mol. The molecule has 0 saturated heterocycles. The van der Waals surface area contributed by atoms with E-state index in [0.29, 0.717) is 5.41 Å². The number of nitrogens with one attached hydrogen (secondary N) is 1. The van der Waals surface area contributed by atoms with Crippen molar-refractivity contribution in [3.63, 3.8) is 0 Å². The largest absolute Gasteiger partial charge is 0.368 e. The molecule has 0 amide bonds. The lowest BCUT2D eigenvalue weighted by Gasteiger charge is -2.14. The minimum Gasteiger partial charge on any atom is -0.368 e. The first-order chi connectivity index (χ1) is 8.33. The van der Waals surface area contributed by atoms with Gasteiger partial charge in [0.05, 0.1) is 10.2 Å². The quantitative estimate of drug-likeness (QED) is 0.843. The van der Waals surface area contributed by atoms with E-state index >= 15 is 0 Å². The van der Waals surface area contributed by atoms with Crippen LogP contribution in [0.5, 0.6) is 0 Å². The van der Waals surface area contributed by atoms with Gasteiger partial charge in [0, 0.05) is 12.4 Å². The van der Waals surface area contributed by atoms with Crippen LogP contribution >= 0.6 is 22.9 Å². The van der Waals surface area contributed by atoms with Crippen molar-refractivity contribution in [2.75, 3.05) is 17.7 Å². The lowest BCUT2D eigenvalue weighted by atomic mass is 10.0. The molecule has 1 saturated carbocycles. The van der Waals surface area contributed by atoms with E-state index < -0.39 is 0 Å². The third-order valence-corrected chi connectivity index (χ3v) is 4.56. The van der Waals surface area contributed by atoms with Crippen molar-refractivity contribution in [3.05, 3.63) is 17.8 Å². The molecule has 2 aromatic heterocycles. The molecule has 1 aliphatic carbocycles. The molecule has 1 fully saturated rings. The molecule has 0 unspecified atom stereocenters. The van der Waals surface area contributed by atoms with Gasteiger partial charge < -0.3 is 5.32 Å². The summed E-state index contributed by atoms with van der Waals surface area (Å²) < 4.78 is 1.15. The van der Waals surface area contributed by atoms with Crippen LogP contribution in [0.25, 0.3) is 10.2 Å². The van der Waals surface area contributed by atoms with Crippen molar-refractivity contribution in [1.29, 1.82) is 0 Å². The zero-order valence-electron chi connectivity index (χ0n) is 9.45. The third-order valence-electron chi connectivity index (χ3n) is 3.46. The van der Waals surface area contributed by atoms with E-state index in [0.717, 1.165) is 34.9 Å². The molecule has 3 rings (SSSR count). The summed E-state index contributed by atoms with van der Waals surface area (Å²) in [4.78, 5) is 8.56. The summed E-state index contributed by atoms with van der Waals surface area (Å²) in [5.41, 5.74) is 1.45. The molecule has 5 heteroatoms. The van der Waals surface area contributed by atoms with E-state index in [9.17, 15) is 0 Å². The Balaban J connectivity index is 1.75. The maximum atomic E-state index is 5.83. The highest BCUT2D eigenvalue weighted by molar-refractivity contribution is 7.17. The maximum Gasteiger partial charge on any atom is 0.147 e. The molecule has 3 nitrogen and oxygen atoms in total. The Labute approximate surface area is 109 Å². The van der Waals surface area contributed by atoms with Crippen LogP contribution in [0.3, 0.4) is 0 Å². The molecule has 1 aliphatic rings. The fraction of sp³-hybridized carbons (Fsp3) is 0.500. The predicted octanol–water partition coefficient (Wildman–Crippen LogP) is 3.51. The van der Waals surface area contributed by atoms with Gasteiger partial charge in [-0.05, 0) is 36.1 Å². The van der Waals surface area contributed by atoms with Crippen LogP contribution in [0, 0.1) is 5.41 Å². The highest BCUT2D eigenvalue weighted by Crippen LogP contribution is 2.49. The second kappa shape index (κ2) is 4.42. The Hall–Kier alpha value is -0.870. The van der Waals surface area contributed by atoms with Gasteiger partial charge in [-0.2, -0.15) is 0 Å². The number of anilines is 1. The topological polar surface area (TPSA) is 37.8 Å². The summed E-state index contributed by atoms with van der Waals surface area (Å²) in [6.07, 6.45) is 5.29. The Morgan fingerprint density at radius 1 is 1.41 bits per heavy atom. The summed E-state index contributed by atoms with van der Waals surface area (Å²) in [6.45, 7) is 0.976. The molecular formula is C12H14ClN3S. The number of rotatable bonds is 5. The Bertz CT molecular complexity index is 521. The van der Waals surface area contributed by atoms with Gasteiger partial charge in [-0.1, -0.05) is 0 Å². The van der Waals surface area contributed by atoms with Gasteiger partial charge in [0.15, 0.2) is 0 Å². The Morgan fingerprint density at radius 3 is 3.06 bits per heavy atom. The molecule has 0 bridgehead atoms. The minimum atomic E-state index is 0.427. The number of halogens is 1. The summed E-state index contributed by atoms with van der Waals surface area (Å²) in [6, 6.07) is 2.03. The summed E-state index contributed by atoms with van der Waals surface area (Å²) >= 11 is 7.52. The predicted molar refractivity (Wildman–Crippen MR) is 72.9 cm³/mol. The van der Waals surface area contributed by atoms with E-state index in [4.69, 9.17) is 11.6 Å². The fourth-order valence-electron chi connectivity index (χ4n) is 2.08. The summed E-state index contributed by atoms with van der Waals surface area (Å²) in [5, 5.41) is 5.51. The molecule has 0 aromatic carbocycles. The van der Waals surface area contributed by atoms with Crippen LogP contribution in [-0.2, 0) is 0 Å². The number of nitrogens with zero attached hydrogens (tertiary/aromatic N) is 2. The lowest BCUT2D eigenvalue weighted by Crippen LogP contribution is -2.16. The first kappa shape index (κ1) is 11.2. The molecule has 90 valence electrons.